The number of unbranched alkanes of at least 4 members (excludes halogenated alkanes) is 1. The van der Waals surface area contributed by atoms with Crippen LogP contribution in [0.1, 0.15) is 40.9 Å². The van der Waals surface area contributed by atoms with Gasteiger partial charge in [0.1, 0.15) is 22.9 Å². The lowest BCUT2D eigenvalue weighted by Gasteiger charge is -2.07. The van der Waals surface area contributed by atoms with Crippen molar-refractivity contribution in [2.75, 3.05) is 6.61 Å². The average Bonchev–Trinajstić information content (AvgIpc) is 3.13. The molecule has 2 heterocycles. The summed E-state index contributed by atoms with van der Waals surface area (Å²) in [5.41, 5.74) is -0.462. The van der Waals surface area contributed by atoms with Gasteiger partial charge in [0.05, 0.1) is 12.2 Å². The number of aromatic carboxylic acids is 1. The standard InChI is InChI=1S/C19H16F2N2O5S/c1-2-3-6-27-16-15(24)12(9-28-17(16)19(25)26)18-23-22-14(29-18)7-10-4-5-11(20)8-13(10)21/h4-5,8-9H,2-3,6-7H2,1H3,(H,25,26). The van der Waals surface area contributed by atoms with E-state index in [-0.39, 0.29) is 29.2 Å². The highest BCUT2D eigenvalue weighted by Gasteiger charge is 2.23. The Bertz CT molecular complexity index is 1100. The first kappa shape index (κ1) is 20.6. The first-order valence-electron chi connectivity index (χ1n) is 8.69. The van der Waals surface area contributed by atoms with Crippen molar-refractivity contribution in [2.45, 2.75) is 26.2 Å². The zero-order valence-electron chi connectivity index (χ0n) is 15.3. The van der Waals surface area contributed by atoms with Crippen LogP contribution in [0, 0.1) is 11.6 Å². The van der Waals surface area contributed by atoms with E-state index < -0.39 is 34.5 Å². The molecule has 0 saturated carbocycles. The average molecular weight is 422 g/mol. The van der Waals surface area contributed by atoms with Gasteiger partial charge in [0.25, 0.3) is 5.76 Å². The molecule has 152 valence electrons. The highest BCUT2D eigenvalue weighted by Crippen LogP contribution is 2.26. The molecule has 0 bridgehead atoms. The summed E-state index contributed by atoms with van der Waals surface area (Å²) in [5.74, 6) is -3.81. The van der Waals surface area contributed by atoms with Crippen molar-refractivity contribution in [3.05, 3.63) is 62.7 Å². The molecule has 10 heteroatoms. The van der Waals surface area contributed by atoms with Crippen molar-refractivity contribution < 1.29 is 27.8 Å². The number of hydrogen-bond donors (Lipinski definition) is 1. The molecule has 0 fully saturated rings. The van der Waals surface area contributed by atoms with E-state index >= 15 is 0 Å². The number of aromatic nitrogens is 2. The Balaban J connectivity index is 1.92. The van der Waals surface area contributed by atoms with Crippen LogP contribution in [-0.4, -0.2) is 27.9 Å². The van der Waals surface area contributed by atoms with Gasteiger partial charge in [0.15, 0.2) is 5.01 Å². The Morgan fingerprint density at radius 3 is 2.79 bits per heavy atom. The molecule has 1 N–H and O–H groups in total. The molecule has 7 nitrogen and oxygen atoms in total. The fourth-order valence-electron chi connectivity index (χ4n) is 2.46. The number of nitrogens with zero attached hydrogens (tertiary/aromatic N) is 2. The lowest BCUT2D eigenvalue weighted by atomic mass is 10.1. The minimum absolute atomic E-state index is 0.00942. The predicted octanol–water partition coefficient (Wildman–Crippen LogP) is 3.90. The normalized spacial score (nSPS) is 10.9. The highest BCUT2D eigenvalue weighted by molar-refractivity contribution is 7.14. The molecule has 3 rings (SSSR count). The molecule has 2 aromatic heterocycles. The van der Waals surface area contributed by atoms with E-state index in [4.69, 9.17) is 9.15 Å². The summed E-state index contributed by atoms with van der Waals surface area (Å²) in [4.78, 5) is 24.1. The van der Waals surface area contributed by atoms with Crippen molar-refractivity contribution in [3.8, 4) is 16.3 Å². The summed E-state index contributed by atoms with van der Waals surface area (Å²) in [5, 5.41) is 17.6. The maximum absolute atomic E-state index is 13.8. The number of rotatable bonds is 8. The van der Waals surface area contributed by atoms with Gasteiger partial charge in [-0.05, 0) is 18.1 Å². The fourth-order valence-corrected chi connectivity index (χ4v) is 3.32. The summed E-state index contributed by atoms with van der Waals surface area (Å²) in [6, 6.07) is 3.22. The van der Waals surface area contributed by atoms with Gasteiger partial charge in [0.2, 0.25) is 11.2 Å². The first-order chi connectivity index (χ1) is 13.9. The molecule has 0 aliphatic heterocycles. The summed E-state index contributed by atoms with van der Waals surface area (Å²) in [7, 11) is 0. The number of carboxylic acid groups (broad SMARTS) is 1. The van der Waals surface area contributed by atoms with Crippen molar-refractivity contribution in [1.29, 1.82) is 0 Å². The zero-order valence-corrected chi connectivity index (χ0v) is 16.1. The highest BCUT2D eigenvalue weighted by atomic mass is 32.1. The van der Waals surface area contributed by atoms with E-state index in [2.05, 4.69) is 10.2 Å². The van der Waals surface area contributed by atoms with Gasteiger partial charge >= 0.3 is 5.97 Å². The minimum Gasteiger partial charge on any atom is -0.486 e. The van der Waals surface area contributed by atoms with E-state index in [9.17, 15) is 23.5 Å². The molecule has 0 radical (unpaired) electrons. The minimum atomic E-state index is -1.43. The second-order valence-corrected chi connectivity index (χ2v) is 7.12. The Kier molecular flexibility index (Phi) is 6.32. The third-order valence-electron chi connectivity index (χ3n) is 3.94. The van der Waals surface area contributed by atoms with E-state index in [0.29, 0.717) is 11.4 Å². The summed E-state index contributed by atoms with van der Waals surface area (Å²) < 4.78 is 37.3. The fraction of sp³-hybridized carbons (Fsp3) is 0.263. The topological polar surface area (TPSA) is 103 Å². The Morgan fingerprint density at radius 1 is 1.31 bits per heavy atom. The largest absolute Gasteiger partial charge is 0.486 e. The Morgan fingerprint density at radius 2 is 2.10 bits per heavy atom. The van der Waals surface area contributed by atoms with Gasteiger partial charge in [0, 0.05) is 12.5 Å². The number of halogens is 2. The van der Waals surface area contributed by atoms with E-state index in [1.54, 1.807) is 0 Å². The van der Waals surface area contributed by atoms with E-state index in [1.165, 1.54) is 6.07 Å². The molecule has 1 aromatic carbocycles. The Hall–Kier alpha value is -3.14. The van der Waals surface area contributed by atoms with Crippen LogP contribution in [0.2, 0.25) is 0 Å². The van der Waals surface area contributed by atoms with E-state index in [1.807, 2.05) is 6.92 Å². The Labute approximate surface area is 167 Å². The number of benzene rings is 1. The maximum Gasteiger partial charge on any atom is 0.375 e. The van der Waals surface area contributed by atoms with Gasteiger partial charge < -0.3 is 14.3 Å². The van der Waals surface area contributed by atoms with Gasteiger partial charge in [-0.25, -0.2) is 13.6 Å². The smallest absolute Gasteiger partial charge is 0.375 e. The van der Waals surface area contributed by atoms with Crippen LogP contribution < -0.4 is 10.2 Å². The zero-order chi connectivity index (χ0) is 21.0. The number of carboxylic acids is 1. The van der Waals surface area contributed by atoms with Crippen LogP contribution in [0.5, 0.6) is 5.75 Å². The maximum atomic E-state index is 13.8. The number of ether oxygens (including phenoxy) is 1. The van der Waals surface area contributed by atoms with Crippen molar-refractivity contribution in [1.82, 2.24) is 10.2 Å². The van der Waals surface area contributed by atoms with Gasteiger partial charge in [-0.3, -0.25) is 4.79 Å². The summed E-state index contributed by atoms with van der Waals surface area (Å²) in [6.45, 7) is 2.09. The van der Waals surface area contributed by atoms with E-state index in [0.717, 1.165) is 36.2 Å². The monoisotopic (exact) mass is 422 g/mol. The number of hydrogen-bond acceptors (Lipinski definition) is 7. The lowest BCUT2D eigenvalue weighted by Crippen LogP contribution is -2.16. The molecule has 0 aliphatic carbocycles. The molecular weight excluding hydrogens is 406 g/mol. The van der Waals surface area contributed by atoms with Crippen LogP contribution in [0.25, 0.3) is 10.6 Å². The molecule has 0 atom stereocenters. The number of carbonyl (C=O) groups is 1. The molecule has 0 spiro atoms. The summed E-state index contributed by atoms with van der Waals surface area (Å²) in [6.07, 6.45) is 2.48. The van der Waals surface area contributed by atoms with Gasteiger partial charge in [-0.2, -0.15) is 0 Å². The van der Waals surface area contributed by atoms with Crippen LogP contribution >= 0.6 is 11.3 Å². The lowest BCUT2D eigenvalue weighted by molar-refractivity contribution is 0.0651. The quantitative estimate of drug-likeness (QED) is 0.549. The van der Waals surface area contributed by atoms with Crippen molar-refractivity contribution in [3.63, 3.8) is 0 Å². The molecule has 0 aliphatic rings. The molecule has 0 saturated heterocycles. The molecule has 29 heavy (non-hydrogen) atoms. The molecular formula is C19H16F2N2O5S. The third-order valence-corrected chi connectivity index (χ3v) is 4.90. The van der Waals surface area contributed by atoms with Crippen molar-refractivity contribution in [2.24, 2.45) is 0 Å². The SMILES string of the molecule is CCCCOc1c(C(=O)O)occ(-c2nnc(Cc3ccc(F)cc3F)s2)c1=O. The van der Waals surface area contributed by atoms with Gasteiger partial charge in [-0.15, -0.1) is 10.2 Å². The molecule has 0 unspecified atom stereocenters. The van der Waals surface area contributed by atoms with Crippen LogP contribution in [0.15, 0.2) is 33.7 Å². The van der Waals surface area contributed by atoms with Gasteiger partial charge in [-0.1, -0.05) is 30.7 Å². The van der Waals surface area contributed by atoms with Crippen LogP contribution in [0.4, 0.5) is 8.78 Å². The second kappa shape index (κ2) is 8.91. The molecule has 0 amide bonds. The third kappa shape index (κ3) is 4.65. The predicted molar refractivity (Wildman–Crippen MR) is 100 cm³/mol. The molecule has 3 aromatic rings. The van der Waals surface area contributed by atoms with Crippen molar-refractivity contribution >= 4 is 17.3 Å². The second-order valence-electron chi connectivity index (χ2n) is 6.06. The van der Waals surface area contributed by atoms with Crippen LogP contribution in [0.3, 0.4) is 0 Å². The summed E-state index contributed by atoms with van der Waals surface area (Å²) >= 11 is 1.01. The van der Waals surface area contributed by atoms with Crippen LogP contribution in [-0.2, 0) is 6.42 Å². The first-order valence-corrected chi connectivity index (χ1v) is 9.51.